The van der Waals surface area contributed by atoms with Crippen molar-refractivity contribution in [1.29, 1.82) is 0 Å². The predicted octanol–water partition coefficient (Wildman–Crippen LogP) is 1.12. The van der Waals surface area contributed by atoms with Crippen molar-refractivity contribution < 1.29 is 23.5 Å². The molecule has 1 amide bonds. The van der Waals surface area contributed by atoms with Gasteiger partial charge in [-0.3, -0.25) is 9.59 Å². The average molecular weight is 303 g/mol. The van der Waals surface area contributed by atoms with Crippen LogP contribution in [0, 0.1) is 11.8 Å². The largest absolute Gasteiger partial charge is 0.467 e. The van der Waals surface area contributed by atoms with E-state index in [1.165, 1.54) is 0 Å². The minimum atomic E-state index is -0.689. The number of carbonyl (C=O) groups excluding carboxylic acids is 2. The molecule has 1 aromatic rings. The maximum Gasteiger partial charge on any atom is 0.312 e. The minimum absolute atomic E-state index is 0.0682. The van der Waals surface area contributed by atoms with Gasteiger partial charge in [0, 0.05) is 0 Å². The second-order valence-electron chi connectivity index (χ2n) is 5.93. The Morgan fingerprint density at radius 2 is 2.41 bits per heavy atom. The summed E-state index contributed by atoms with van der Waals surface area (Å²) in [4.78, 5) is 26.7. The second-order valence-corrected chi connectivity index (χ2v) is 5.93. The van der Waals surface area contributed by atoms with Crippen LogP contribution in [0.1, 0.15) is 12.7 Å². The van der Waals surface area contributed by atoms with Crippen molar-refractivity contribution in [3.63, 3.8) is 0 Å². The number of esters is 1. The monoisotopic (exact) mass is 303 g/mol. The van der Waals surface area contributed by atoms with Crippen LogP contribution in [0.3, 0.4) is 0 Å². The van der Waals surface area contributed by atoms with Crippen molar-refractivity contribution in [2.75, 3.05) is 13.2 Å². The molecule has 2 saturated heterocycles. The normalized spacial score (nSPS) is 35.2. The smallest absolute Gasteiger partial charge is 0.312 e. The van der Waals surface area contributed by atoms with Gasteiger partial charge < -0.3 is 18.8 Å². The molecule has 3 aliphatic heterocycles. The number of carbonyl (C=O) groups is 2. The second kappa shape index (κ2) is 4.71. The molecule has 22 heavy (non-hydrogen) atoms. The lowest BCUT2D eigenvalue weighted by molar-refractivity contribution is -0.153. The Hall–Kier alpha value is -2.08. The number of amides is 1. The molecular formula is C16H17NO5. The van der Waals surface area contributed by atoms with E-state index >= 15 is 0 Å². The number of hydrogen-bond donors (Lipinski definition) is 0. The van der Waals surface area contributed by atoms with Gasteiger partial charge in [-0.15, -0.1) is 0 Å². The summed E-state index contributed by atoms with van der Waals surface area (Å²) in [5.74, 6) is -0.732. The molecule has 0 saturated carbocycles. The first-order valence-corrected chi connectivity index (χ1v) is 7.49. The first-order chi connectivity index (χ1) is 10.6. The maximum absolute atomic E-state index is 12.8. The molecule has 0 aliphatic carbocycles. The van der Waals surface area contributed by atoms with Crippen LogP contribution in [0.15, 0.2) is 35.0 Å². The number of hydrogen-bond acceptors (Lipinski definition) is 5. The van der Waals surface area contributed by atoms with E-state index in [4.69, 9.17) is 13.9 Å². The van der Waals surface area contributed by atoms with E-state index in [9.17, 15) is 9.59 Å². The molecular weight excluding hydrogens is 286 g/mol. The van der Waals surface area contributed by atoms with Crippen LogP contribution in [0.4, 0.5) is 0 Å². The van der Waals surface area contributed by atoms with E-state index in [0.29, 0.717) is 19.7 Å². The van der Waals surface area contributed by atoms with Crippen LogP contribution < -0.4 is 0 Å². The van der Waals surface area contributed by atoms with Gasteiger partial charge in [-0.05, 0) is 19.1 Å². The standard InChI is InChI=1S/C16H17NO5/c1-2-20-15(19)12-11-5-6-16(22-11)9-17(14(18)13(12)16)8-10-4-3-7-21-10/h3-7,11-13H,2,8-9H2,1H3/t11-,12+,13+,16-/m1/s1. The van der Waals surface area contributed by atoms with E-state index in [1.54, 1.807) is 24.2 Å². The predicted molar refractivity (Wildman–Crippen MR) is 74.5 cm³/mol. The number of ether oxygens (including phenoxy) is 2. The summed E-state index contributed by atoms with van der Waals surface area (Å²) < 4.78 is 16.4. The summed E-state index contributed by atoms with van der Waals surface area (Å²) in [6, 6.07) is 3.62. The molecule has 116 valence electrons. The van der Waals surface area contributed by atoms with Gasteiger partial charge in [0.2, 0.25) is 5.91 Å². The van der Waals surface area contributed by atoms with Crippen LogP contribution >= 0.6 is 0 Å². The fourth-order valence-corrected chi connectivity index (χ4v) is 3.81. The molecule has 0 radical (unpaired) electrons. The first-order valence-electron chi connectivity index (χ1n) is 7.49. The van der Waals surface area contributed by atoms with Gasteiger partial charge in [0.1, 0.15) is 17.3 Å². The summed E-state index contributed by atoms with van der Waals surface area (Å²) in [6.07, 6.45) is 5.04. The topological polar surface area (TPSA) is 69.0 Å². The highest BCUT2D eigenvalue weighted by molar-refractivity contribution is 5.91. The quantitative estimate of drug-likeness (QED) is 0.616. The Morgan fingerprint density at radius 1 is 1.55 bits per heavy atom. The Labute approximate surface area is 127 Å². The van der Waals surface area contributed by atoms with Crippen LogP contribution in [0.2, 0.25) is 0 Å². The Morgan fingerprint density at radius 3 is 3.14 bits per heavy atom. The fraction of sp³-hybridized carbons (Fsp3) is 0.500. The number of furan rings is 1. The van der Waals surface area contributed by atoms with E-state index < -0.39 is 17.4 Å². The summed E-state index contributed by atoms with van der Waals surface area (Å²) in [6.45, 7) is 2.90. The molecule has 3 aliphatic rings. The zero-order chi connectivity index (χ0) is 15.3. The molecule has 4 rings (SSSR count). The van der Waals surface area contributed by atoms with Crippen LogP contribution in [-0.2, 0) is 25.6 Å². The van der Waals surface area contributed by atoms with Gasteiger partial charge in [-0.25, -0.2) is 0 Å². The third kappa shape index (κ3) is 1.76. The number of rotatable bonds is 4. The zero-order valence-corrected chi connectivity index (χ0v) is 12.2. The molecule has 2 fully saturated rings. The van der Waals surface area contributed by atoms with Gasteiger partial charge in [0.05, 0.1) is 38.0 Å². The van der Waals surface area contributed by atoms with Crippen LogP contribution in [-0.4, -0.2) is 41.6 Å². The average Bonchev–Trinajstić information content (AvgIpc) is 3.23. The van der Waals surface area contributed by atoms with Crippen molar-refractivity contribution >= 4 is 11.9 Å². The van der Waals surface area contributed by atoms with E-state index in [2.05, 4.69) is 0 Å². The molecule has 4 atom stereocenters. The van der Waals surface area contributed by atoms with Gasteiger partial charge in [-0.2, -0.15) is 0 Å². The van der Waals surface area contributed by atoms with Crippen LogP contribution in [0.25, 0.3) is 0 Å². The number of nitrogens with zero attached hydrogens (tertiary/aromatic N) is 1. The molecule has 2 bridgehead atoms. The molecule has 6 heteroatoms. The highest BCUT2D eigenvalue weighted by Crippen LogP contribution is 2.52. The number of fused-ring (bicyclic) bond motifs is 1. The third-order valence-electron chi connectivity index (χ3n) is 4.66. The lowest BCUT2D eigenvalue weighted by Crippen LogP contribution is -2.39. The SMILES string of the molecule is CCOC(=O)[C@@H]1[C@H]2C(=O)N(Cc3ccco3)C[C@]23C=C[C@H]1O3. The number of likely N-dealkylation sites (tertiary alicyclic amines) is 1. The fourth-order valence-electron chi connectivity index (χ4n) is 3.81. The van der Waals surface area contributed by atoms with Crippen molar-refractivity contribution in [3.05, 3.63) is 36.3 Å². The maximum atomic E-state index is 12.8. The van der Waals surface area contributed by atoms with Crippen molar-refractivity contribution in [1.82, 2.24) is 4.90 Å². The van der Waals surface area contributed by atoms with E-state index in [1.807, 2.05) is 18.2 Å². The van der Waals surface area contributed by atoms with E-state index in [0.717, 1.165) is 5.76 Å². The molecule has 0 unspecified atom stereocenters. The van der Waals surface area contributed by atoms with Crippen molar-refractivity contribution in [2.24, 2.45) is 11.8 Å². The highest BCUT2D eigenvalue weighted by Gasteiger charge is 2.67. The summed E-state index contributed by atoms with van der Waals surface area (Å²) in [7, 11) is 0. The molecule has 1 spiro atoms. The zero-order valence-electron chi connectivity index (χ0n) is 12.2. The summed E-state index contributed by atoms with van der Waals surface area (Å²) in [5, 5.41) is 0. The van der Waals surface area contributed by atoms with Gasteiger partial charge in [0.25, 0.3) is 0 Å². The lowest BCUT2D eigenvalue weighted by atomic mass is 9.77. The minimum Gasteiger partial charge on any atom is -0.467 e. The molecule has 1 aromatic heterocycles. The van der Waals surface area contributed by atoms with Crippen molar-refractivity contribution in [2.45, 2.75) is 25.2 Å². The third-order valence-corrected chi connectivity index (χ3v) is 4.66. The molecule has 6 nitrogen and oxygen atoms in total. The summed E-state index contributed by atoms with van der Waals surface area (Å²) >= 11 is 0. The highest BCUT2D eigenvalue weighted by atomic mass is 16.6. The van der Waals surface area contributed by atoms with E-state index in [-0.39, 0.29) is 18.0 Å². The van der Waals surface area contributed by atoms with Crippen molar-refractivity contribution in [3.8, 4) is 0 Å². The van der Waals surface area contributed by atoms with Crippen LogP contribution in [0.5, 0.6) is 0 Å². The Bertz CT molecular complexity index is 637. The van der Waals surface area contributed by atoms with Gasteiger partial charge in [-0.1, -0.05) is 12.2 Å². The van der Waals surface area contributed by atoms with Gasteiger partial charge >= 0.3 is 5.97 Å². The first kappa shape index (κ1) is 13.6. The Kier molecular flexibility index (Phi) is 2.91. The molecule has 0 N–H and O–H groups in total. The molecule has 0 aromatic carbocycles. The Balaban J connectivity index is 1.61. The summed E-state index contributed by atoms with van der Waals surface area (Å²) in [5.41, 5.74) is -0.689. The lowest BCUT2D eigenvalue weighted by Gasteiger charge is -2.22. The van der Waals surface area contributed by atoms with Gasteiger partial charge in [0.15, 0.2) is 0 Å². The molecule has 4 heterocycles.